The van der Waals surface area contributed by atoms with Gasteiger partial charge in [-0.1, -0.05) is 70.2 Å². The van der Waals surface area contributed by atoms with E-state index in [1.807, 2.05) is 54.6 Å². The number of fused-ring (bicyclic) bond motifs is 4. The Hall–Kier alpha value is -3.49. The molecular formula is C27H20BrN5OS. The van der Waals surface area contributed by atoms with Crippen molar-refractivity contribution in [3.8, 4) is 0 Å². The predicted molar refractivity (Wildman–Crippen MR) is 143 cm³/mol. The maximum Gasteiger partial charge on any atom is 0.192 e. The molecule has 0 unspecified atom stereocenters. The zero-order valence-corrected chi connectivity index (χ0v) is 21.0. The summed E-state index contributed by atoms with van der Waals surface area (Å²) in [6.07, 6.45) is 3.60. The van der Waals surface area contributed by atoms with Gasteiger partial charge in [0.15, 0.2) is 22.4 Å². The fraction of sp³-hybridized carbons (Fsp3) is 0.111. The van der Waals surface area contributed by atoms with Crippen molar-refractivity contribution >= 4 is 60.9 Å². The highest BCUT2D eigenvalue weighted by molar-refractivity contribution is 9.10. The molecule has 6 nitrogen and oxygen atoms in total. The first-order chi connectivity index (χ1) is 17.2. The quantitative estimate of drug-likeness (QED) is 0.146. The summed E-state index contributed by atoms with van der Waals surface area (Å²) in [5.74, 6) is 1.08. The molecule has 0 aliphatic rings. The van der Waals surface area contributed by atoms with E-state index in [2.05, 4.69) is 45.3 Å². The maximum atomic E-state index is 12.8. The molecule has 172 valence electrons. The van der Waals surface area contributed by atoms with E-state index < -0.39 is 0 Å². The third kappa shape index (κ3) is 4.35. The minimum absolute atomic E-state index is 0.0466. The molecule has 6 rings (SSSR count). The van der Waals surface area contributed by atoms with Crippen molar-refractivity contribution in [2.24, 2.45) is 0 Å². The van der Waals surface area contributed by atoms with Gasteiger partial charge in [0, 0.05) is 38.9 Å². The van der Waals surface area contributed by atoms with Gasteiger partial charge < -0.3 is 4.98 Å². The standard InChI is InChI=1S/C27H20BrN5OS/c28-19-12-9-17(10-13-19)24(34)16-35-27-30-23-8-4-2-6-21(23)26-31-25(32-33(26)27)14-11-18-15-29-22-7-3-1-5-20(18)22/h1-10,12-13,15,29H,11,14,16H2. The Kier molecular flexibility index (Phi) is 5.83. The third-order valence-corrected chi connectivity index (χ3v) is 7.44. The number of carbonyl (C=O) groups is 1. The molecule has 0 radical (unpaired) electrons. The van der Waals surface area contributed by atoms with E-state index in [9.17, 15) is 4.79 Å². The van der Waals surface area contributed by atoms with E-state index in [1.165, 1.54) is 22.7 Å². The van der Waals surface area contributed by atoms with Crippen molar-refractivity contribution in [2.45, 2.75) is 18.0 Å². The molecule has 0 fully saturated rings. The summed E-state index contributed by atoms with van der Waals surface area (Å²) in [5.41, 5.74) is 4.67. The van der Waals surface area contributed by atoms with Crippen molar-refractivity contribution in [3.63, 3.8) is 0 Å². The number of rotatable bonds is 7. The van der Waals surface area contributed by atoms with Crippen LogP contribution in [0, 0.1) is 0 Å². The van der Waals surface area contributed by atoms with Crippen molar-refractivity contribution in [1.82, 2.24) is 24.6 Å². The Morgan fingerprint density at radius 3 is 2.54 bits per heavy atom. The lowest BCUT2D eigenvalue weighted by molar-refractivity contribution is 0.102. The molecule has 0 atom stereocenters. The normalized spacial score (nSPS) is 11.6. The Balaban J connectivity index is 1.30. The van der Waals surface area contributed by atoms with Crippen LogP contribution in [0.25, 0.3) is 27.5 Å². The van der Waals surface area contributed by atoms with Gasteiger partial charge in [0.25, 0.3) is 0 Å². The summed E-state index contributed by atoms with van der Waals surface area (Å²) < 4.78 is 2.73. The molecular weight excluding hydrogens is 522 g/mol. The number of halogens is 1. The van der Waals surface area contributed by atoms with Crippen LogP contribution in [0.1, 0.15) is 21.7 Å². The number of hydrogen-bond donors (Lipinski definition) is 1. The number of nitrogens with zero attached hydrogens (tertiary/aromatic N) is 4. The summed E-state index contributed by atoms with van der Waals surface area (Å²) in [7, 11) is 0. The molecule has 0 bridgehead atoms. The van der Waals surface area contributed by atoms with Gasteiger partial charge in [-0.15, -0.1) is 5.10 Å². The van der Waals surface area contributed by atoms with Crippen LogP contribution >= 0.6 is 27.7 Å². The van der Waals surface area contributed by atoms with Crippen LogP contribution in [0.3, 0.4) is 0 Å². The van der Waals surface area contributed by atoms with E-state index in [0.29, 0.717) is 17.1 Å². The van der Waals surface area contributed by atoms with Crippen LogP contribution in [0.5, 0.6) is 0 Å². The molecule has 8 heteroatoms. The average Bonchev–Trinajstić information content (AvgIpc) is 3.51. The van der Waals surface area contributed by atoms with E-state index in [0.717, 1.165) is 38.8 Å². The van der Waals surface area contributed by atoms with Gasteiger partial charge in [-0.25, -0.2) is 9.97 Å². The second-order valence-corrected chi connectivity index (χ2v) is 10.1. The predicted octanol–water partition coefficient (Wildman–Crippen LogP) is 6.28. The van der Waals surface area contributed by atoms with Crippen LogP contribution < -0.4 is 0 Å². The SMILES string of the molecule is O=C(CSc1nc2ccccc2c2nc(CCc3c[nH]c4ccccc34)nn12)c1ccc(Br)cc1. The Morgan fingerprint density at radius 2 is 1.69 bits per heavy atom. The number of benzene rings is 3. The molecule has 0 aliphatic heterocycles. The number of H-pyrrole nitrogens is 1. The number of hydrogen-bond acceptors (Lipinski definition) is 5. The van der Waals surface area contributed by atoms with Gasteiger partial charge in [-0.05, 0) is 42.3 Å². The molecule has 35 heavy (non-hydrogen) atoms. The molecule has 0 saturated carbocycles. The van der Waals surface area contributed by atoms with Crippen LogP contribution in [-0.2, 0) is 12.8 Å². The molecule has 3 aromatic carbocycles. The largest absolute Gasteiger partial charge is 0.361 e. The minimum atomic E-state index is 0.0466. The Bertz CT molecular complexity index is 1690. The maximum absolute atomic E-state index is 12.8. The van der Waals surface area contributed by atoms with Crippen LogP contribution in [0.15, 0.2) is 88.6 Å². The monoisotopic (exact) mass is 541 g/mol. The molecule has 0 amide bonds. The number of carbonyl (C=O) groups excluding carboxylic acids is 1. The second-order valence-electron chi connectivity index (χ2n) is 8.25. The highest BCUT2D eigenvalue weighted by Gasteiger charge is 2.16. The van der Waals surface area contributed by atoms with Crippen molar-refractivity contribution in [1.29, 1.82) is 0 Å². The molecule has 0 saturated heterocycles. The first-order valence-corrected chi connectivity index (χ1v) is 13.0. The molecule has 0 spiro atoms. The fourth-order valence-electron chi connectivity index (χ4n) is 4.21. The zero-order chi connectivity index (χ0) is 23.8. The molecule has 6 aromatic rings. The highest BCUT2D eigenvalue weighted by atomic mass is 79.9. The van der Waals surface area contributed by atoms with Crippen molar-refractivity contribution in [3.05, 3.63) is 100 Å². The minimum Gasteiger partial charge on any atom is -0.361 e. The van der Waals surface area contributed by atoms with Gasteiger partial charge in [0.2, 0.25) is 0 Å². The number of para-hydroxylation sites is 2. The van der Waals surface area contributed by atoms with Crippen LogP contribution in [0.4, 0.5) is 0 Å². The topological polar surface area (TPSA) is 75.9 Å². The second kappa shape index (κ2) is 9.28. The summed E-state index contributed by atoms with van der Waals surface area (Å²) >= 11 is 4.80. The van der Waals surface area contributed by atoms with Gasteiger partial charge in [-0.2, -0.15) is 4.52 Å². The van der Waals surface area contributed by atoms with Gasteiger partial charge >= 0.3 is 0 Å². The number of thioether (sulfide) groups is 1. The number of aromatic nitrogens is 5. The van der Waals surface area contributed by atoms with Crippen molar-refractivity contribution < 1.29 is 4.79 Å². The Morgan fingerprint density at radius 1 is 0.914 bits per heavy atom. The zero-order valence-electron chi connectivity index (χ0n) is 18.6. The fourth-order valence-corrected chi connectivity index (χ4v) is 5.31. The van der Waals surface area contributed by atoms with E-state index >= 15 is 0 Å². The molecule has 3 aromatic heterocycles. The average molecular weight is 542 g/mol. The number of ketones is 1. The lowest BCUT2D eigenvalue weighted by Gasteiger charge is -2.06. The highest BCUT2D eigenvalue weighted by Crippen LogP contribution is 2.26. The van der Waals surface area contributed by atoms with Gasteiger partial charge in [0.05, 0.1) is 11.3 Å². The lowest BCUT2D eigenvalue weighted by Crippen LogP contribution is -2.05. The summed E-state index contributed by atoms with van der Waals surface area (Å²) in [6.45, 7) is 0. The number of nitrogens with one attached hydrogen (secondary N) is 1. The van der Waals surface area contributed by atoms with Gasteiger partial charge in [0.1, 0.15) is 0 Å². The van der Waals surface area contributed by atoms with Crippen LogP contribution in [-0.4, -0.2) is 36.1 Å². The third-order valence-electron chi connectivity index (χ3n) is 5.98. The van der Waals surface area contributed by atoms with E-state index in [1.54, 1.807) is 4.52 Å². The number of aryl methyl sites for hydroxylation is 2. The molecule has 1 N–H and O–H groups in total. The molecule has 0 aliphatic carbocycles. The van der Waals surface area contributed by atoms with Crippen LogP contribution in [0.2, 0.25) is 0 Å². The summed E-state index contributed by atoms with van der Waals surface area (Å²) in [5, 5.41) is 7.64. The first kappa shape index (κ1) is 22.0. The molecule has 3 heterocycles. The lowest BCUT2D eigenvalue weighted by atomic mass is 10.1. The first-order valence-electron chi connectivity index (χ1n) is 11.3. The number of Topliss-reactive ketones (excluding diaryl/α,β-unsaturated/α-hetero) is 1. The van der Waals surface area contributed by atoms with E-state index in [-0.39, 0.29) is 11.5 Å². The summed E-state index contributed by atoms with van der Waals surface area (Å²) in [6, 6.07) is 23.6. The smallest absolute Gasteiger partial charge is 0.192 e. The van der Waals surface area contributed by atoms with E-state index in [4.69, 9.17) is 15.1 Å². The number of aromatic amines is 1. The summed E-state index contributed by atoms with van der Waals surface area (Å²) in [4.78, 5) is 25.8. The Labute approximate surface area is 213 Å². The van der Waals surface area contributed by atoms with Gasteiger partial charge in [-0.3, -0.25) is 4.79 Å². The van der Waals surface area contributed by atoms with Crippen molar-refractivity contribution in [2.75, 3.05) is 5.75 Å².